The summed E-state index contributed by atoms with van der Waals surface area (Å²) in [5.74, 6) is 0.159. The van der Waals surface area contributed by atoms with Gasteiger partial charge in [-0.3, -0.25) is 9.59 Å². The van der Waals surface area contributed by atoms with Crippen LogP contribution in [0, 0.1) is 5.92 Å². The molecule has 0 aliphatic heterocycles. The van der Waals surface area contributed by atoms with E-state index in [1.165, 1.54) is 12.5 Å². The van der Waals surface area contributed by atoms with E-state index in [1.807, 2.05) is 30.3 Å². The summed E-state index contributed by atoms with van der Waals surface area (Å²) in [7, 11) is 0. The van der Waals surface area contributed by atoms with Gasteiger partial charge in [0.25, 0.3) is 0 Å². The van der Waals surface area contributed by atoms with Gasteiger partial charge in [0.15, 0.2) is 0 Å². The smallest absolute Gasteiger partial charge is 0.244 e. The molecular weight excluding hydrogens is 276 g/mol. The highest BCUT2D eigenvalue weighted by Crippen LogP contribution is 2.23. The molecule has 1 aliphatic rings. The molecule has 0 radical (unpaired) electrons. The third-order valence-corrected chi connectivity index (χ3v) is 3.93. The van der Waals surface area contributed by atoms with Crippen LogP contribution in [-0.2, 0) is 9.59 Å². The van der Waals surface area contributed by atoms with Crippen LogP contribution in [0.2, 0.25) is 0 Å². The van der Waals surface area contributed by atoms with Crippen molar-refractivity contribution in [3.05, 3.63) is 42.0 Å². The molecule has 1 aromatic carbocycles. The lowest BCUT2D eigenvalue weighted by Crippen LogP contribution is -2.37. The van der Waals surface area contributed by atoms with Crippen molar-refractivity contribution in [1.29, 1.82) is 0 Å². The molecule has 4 nitrogen and oxygen atoms in total. The molecule has 0 heterocycles. The van der Waals surface area contributed by atoms with Crippen LogP contribution in [0.3, 0.4) is 0 Å². The Morgan fingerprint density at radius 1 is 1.00 bits per heavy atom. The van der Waals surface area contributed by atoms with Gasteiger partial charge in [-0.25, -0.2) is 0 Å². The molecule has 0 aromatic heterocycles. The van der Waals surface area contributed by atoms with Crippen LogP contribution in [0.5, 0.6) is 0 Å². The van der Waals surface area contributed by atoms with Crippen molar-refractivity contribution >= 4 is 17.9 Å². The minimum absolute atomic E-state index is 0.133. The van der Waals surface area contributed by atoms with Crippen LogP contribution in [0.1, 0.15) is 37.7 Å². The van der Waals surface area contributed by atoms with Gasteiger partial charge in [-0.05, 0) is 24.5 Å². The van der Waals surface area contributed by atoms with Crippen molar-refractivity contribution < 1.29 is 9.59 Å². The van der Waals surface area contributed by atoms with Gasteiger partial charge < -0.3 is 10.6 Å². The van der Waals surface area contributed by atoms with Gasteiger partial charge in [0.1, 0.15) is 0 Å². The number of rotatable bonds is 6. The molecular formula is C18H24N2O2. The summed E-state index contributed by atoms with van der Waals surface area (Å²) >= 11 is 0. The van der Waals surface area contributed by atoms with Crippen LogP contribution >= 0.6 is 0 Å². The first kappa shape index (κ1) is 16.3. The minimum atomic E-state index is -0.143. The number of nitrogens with one attached hydrogen (secondary N) is 2. The minimum Gasteiger partial charge on any atom is -0.354 e. The lowest BCUT2D eigenvalue weighted by Gasteiger charge is -2.20. The monoisotopic (exact) mass is 300 g/mol. The Labute approximate surface area is 132 Å². The summed E-state index contributed by atoms with van der Waals surface area (Å²) in [4.78, 5) is 23.6. The number of hydrogen-bond donors (Lipinski definition) is 2. The highest BCUT2D eigenvalue weighted by Gasteiger charge is 2.20. The summed E-state index contributed by atoms with van der Waals surface area (Å²) < 4.78 is 0. The predicted molar refractivity (Wildman–Crippen MR) is 88.1 cm³/mol. The van der Waals surface area contributed by atoms with Crippen LogP contribution in [0.15, 0.2) is 36.4 Å². The second kappa shape index (κ2) is 9.03. The number of hydrogen-bond acceptors (Lipinski definition) is 2. The summed E-state index contributed by atoms with van der Waals surface area (Å²) in [6, 6.07) is 9.67. The first-order valence-corrected chi connectivity index (χ1v) is 8.04. The largest absolute Gasteiger partial charge is 0.354 e. The summed E-state index contributed by atoms with van der Waals surface area (Å²) in [6.07, 6.45) is 8.83. The van der Waals surface area contributed by atoms with Crippen molar-refractivity contribution in [3.63, 3.8) is 0 Å². The van der Waals surface area contributed by atoms with Gasteiger partial charge in [-0.1, -0.05) is 49.6 Å². The first-order valence-electron chi connectivity index (χ1n) is 8.04. The van der Waals surface area contributed by atoms with Crippen LogP contribution in [0.4, 0.5) is 0 Å². The first-order chi connectivity index (χ1) is 10.8. The number of benzene rings is 1. The van der Waals surface area contributed by atoms with Crippen LogP contribution in [0.25, 0.3) is 6.08 Å². The van der Waals surface area contributed by atoms with E-state index in [2.05, 4.69) is 10.6 Å². The Morgan fingerprint density at radius 2 is 1.68 bits per heavy atom. The van der Waals surface area contributed by atoms with Gasteiger partial charge in [-0.15, -0.1) is 0 Å². The molecule has 1 aliphatic carbocycles. The molecule has 0 spiro atoms. The predicted octanol–water partition coefficient (Wildman–Crippen LogP) is 2.51. The maximum atomic E-state index is 11.9. The lowest BCUT2D eigenvalue weighted by atomic mass is 9.89. The van der Waals surface area contributed by atoms with E-state index in [-0.39, 0.29) is 17.7 Å². The molecule has 1 fully saturated rings. The quantitative estimate of drug-likeness (QED) is 0.626. The normalized spacial score (nSPS) is 15.6. The highest BCUT2D eigenvalue weighted by atomic mass is 16.2. The van der Waals surface area contributed by atoms with E-state index >= 15 is 0 Å². The fraction of sp³-hybridized carbons (Fsp3) is 0.444. The highest BCUT2D eigenvalue weighted by molar-refractivity contribution is 5.91. The average Bonchev–Trinajstić information content (AvgIpc) is 2.58. The topological polar surface area (TPSA) is 58.2 Å². The second-order valence-electron chi connectivity index (χ2n) is 5.66. The molecule has 1 aromatic rings. The number of amides is 2. The van der Waals surface area contributed by atoms with Crippen LogP contribution in [-0.4, -0.2) is 24.9 Å². The van der Waals surface area contributed by atoms with Gasteiger partial charge in [-0.2, -0.15) is 0 Å². The van der Waals surface area contributed by atoms with E-state index in [0.717, 1.165) is 31.2 Å². The standard InChI is InChI=1S/C18H24N2O2/c21-17(12-11-15-7-3-1-4-8-15)19-13-14-20-18(22)16-9-5-2-6-10-16/h1,3-4,7-8,11-12,16H,2,5-6,9-10,13-14H2,(H,19,21)(H,20,22)/b12-11+. The Balaban J connectivity index is 1.60. The molecule has 2 rings (SSSR count). The SMILES string of the molecule is O=C(/C=C/c1ccccc1)NCCNC(=O)C1CCCCC1. The number of carbonyl (C=O) groups excluding carboxylic acids is 2. The maximum Gasteiger partial charge on any atom is 0.244 e. The van der Waals surface area contributed by atoms with Crippen LogP contribution < -0.4 is 10.6 Å². The molecule has 1 saturated carbocycles. The molecule has 0 atom stereocenters. The Morgan fingerprint density at radius 3 is 2.41 bits per heavy atom. The lowest BCUT2D eigenvalue weighted by molar-refractivity contribution is -0.126. The molecule has 4 heteroatoms. The van der Waals surface area contributed by atoms with Gasteiger partial charge in [0.2, 0.25) is 11.8 Å². The van der Waals surface area contributed by atoms with Gasteiger partial charge in [0, 0.05) is 25.1 Å². The molecule has 22 heavy (non-hydrogen) atoms. The Bertz CT molecular complexity index is 505. The van der Waals surface area contributed by atoms with Gasteiger partial charge >= 0.3 is 0 Å². The molecule has 2 N–H and O–H groups in total. The maximum absolute atomic E-state index is 11.9. The van der Waals surface area contributed by atoms with Crippen molar-refractivity contribution in [2.24, 2.45) is 5.92 Å². The zero-order chi connectivity index (χ0) is 15.6. The van der Waals surface area contributed by atoms with Crippen molar-refractivity contribution in [2.75, 3.05) is 13.1 Å². The van der Waals surface area contributed by atoms with Crippen molar-refractivity contribution in [2.45, 2.75) is 32.1 Å². The molecule has 0 saturated heterocycles. The summed E-state index contributed by atoms with van der Waals surface area (Å²) in [6.45, 7) is 0.941. The molecule has 0 bridgehead atoms. The summed E-state index contributed by atoms with van der Waals surface area (Å²) in [5.41, 5.74) is 0.989. The Hall–Kier alpha value is -2.10. The summed E-state index contributed by atoms with van der Waals surface area (Å²) in [5, 5.41) is 5.67. The average molecular weight is 300 g/mol. The zero-order valence-corrected chi connectivity index (χ0v) is 12.9. The third-order valence-electron chi connectivity index (χ3n) is 3.93. The molecule has 2 amide bonds. The van der Waals surface area contributed by atoms with E-state index in [9.17, 15) is 9.59 Å². The fourth-order valence-electron chi connectivity index (χ4n) is 2.68. The zero-order valence-electron chi connectivity index (χ0n) is 12.9. The van der Waals surface area contributed by atoms with Crippen molar-refractivity contribution in [3.8, 4) is 0 Å². The third kappa shape index (κ3) is 5.72. The van der Waals surface area contributed by atoms with E-state index in [4.69, 9.17) is 0 Å². The Kier molecular flexibility index (Phi) is 6.68. The van der Waals surface area contributed by atoms with Gasteiger partial charge in [0.05, 0.1) is 0 Å². The van der Waals surface area contributed by atoms with E-state index in [1.54, 1.807) is 6.08 Å². The molecule has 118 valence electrons. The number of carbonyl (C=O) groups is 2. The second-order valence-corrected chi connectivity index (χ2v) is 5.66. The fourth-order valence-corrected chi connectivity index (χ4v) is 2.68. The van der Waals surface area contributed by atoms with Crippen molar-refractivity contribution in [1.82, 2.24) is 10.6 Å². The van der Waals surface area contributed by atoms with E-state index < -0.39 is 0 Å². The molecule has 0 unspecified atom stereocenters. The van der Waals surface area contributed by atoms with E-state index in [0.29, 0.717) is 13.1 Å².